The molecule has 1 aliphatic rings. The van der Waals surface area contributed by atoms with Gasteiger partial charge in [0.25, 0.3) is 0 Å². The number of aliphatic carboxylic acids is 1. The third-order valence-corrected chi connectivity index (χ3v) is 5.74. The minimum atomic E-state index is -0.836. The van der Waals surface area contributed by atoms with Gasteiger partial charge in [0.05, 0.1) is 41.1 Å². The first kappa shape index (κ1) is 21.7. The molecule has 3 N–H and O–H groups in total. The third-order valence-electron chi connectivity index (χ3n) is 5.74. The first-order chi connectivity index (χ1) is 14.2. The molecule has 0 spiro atoms. The number of carbonyl (C=O) groups is 1. The molecule has 1 heterocycles. The fourth-order valence-electron chi connectivity index (χ4n) is 4.16. The summed E-state index contributed by atoms with van der Waals surface area (Å²) in [5, 5.41) is 32.3. The van der Waals surface area contributed by atoms with Gasteiger partial charge in [-0.3, -0.25) is 4.79 Å². The molecular weight excluding hydrogens is 378 g/mol. The minimum Gasteiger partial charge on any atom is -0.481 e. The topological polar surface area (TPSA) is 96.6 Å². The maximum atomic E-state index is 11.2. The number of benzene rings is 2. The van der Waals surface area contributed by atoms with Gasteiger partial charge in [-0.05, 0) is 74.6 Å². The minimum absolute atomic E-state index is 0.00121. The molecule has 158 valence electrons. The monoisotopic (exact) mass is 407 g/mol. The number of rotatable bonds is 7. The Kier molecular flexibility index (Phi) is 6.33. The van der Waals surface area contributed by atoms with Gasteiger partial charge >= 0.3 is 5.97 Å². The van der Waals surface area contributed by atoms with E-state index < -0.39 is 11.6 Å². The summed E-state index contributed by atoms with van der Waals surface area (Å²) < 4.78 is 0. The summed E-state index contributed by atoms with van der Waals surface area (Å²) in [6, 6.07) is 15.3. The summed E-state index contributed by atoms with van der Waals surface area (Å²) in [6.07, 6.45) is 1.98. The maximum absolute atomic E-state index is 11.2. The highest BCUT2D eigenvalue weighted by Crippen LogP contribution is 2.39. The predicted octanol–water partition coefficient (Wildman–Crippen LogP) is 4.62. The Morgan fingerprint density at radius 2 is 2.00 bits per heavy atom. The zero-order valence-electron chi connectivity index (χ0n) is 17.7. The van der Waals surface area contributed by atoms with E-state index in [1.54, 1.807) is 12.1 Å². The van der Waals surface area contributed by atoms with Crippen LogP contribution in [0.4, 0.5) is 17.1 Å². The lowest BCUT2D eigenvalue weighted by Crippen LogP contribution is -2.45. The summed E-state index contributed by atoms with van der Waals surface area (Å²) in [6.45, 7) is 6.44. The van der Waals surface area contributed by atoms with Crippen molar-refractivity contribution in [2.24, 2.45) is 0 Å². The van der Waals surface area contributed by atoms with E-state index in [1.807, 2.05) is 51.1 Å². The smallest absolute Gasteiger partial charge is 0.303 e. The van der Waals surface area contributed by atoms with Crippen molar-refractivity contribution in [1.29, 1.82) is 5.26 Å². The summed E-state index contributed by atoms with van der Waals surface area (Å²) in [5.41, 5.74) is 3.39. The van der Waals surface area contributed by atoms with Crippen LogP contribution in [0, 0.1) is 11.3 Å². The van der Waals surface area contributed by atoms with Gasteiger partial charge in [0.2, 0.25) is 0 Å². The van der Waals surface area contributed by atoms with Crippen molar-refractivity contribution in [2.75, 3.05) is 16.8 Å². The summed E-state index contributed by atoms with van der Waals surface area (Å²) in [4.78, 5) is 13.4. The Hall–Kier alpha value is -3.04. The lowest BCUT2D eigenvalue weighted by molar-refractivity contribution is -0.137. The van der Waals surface area contributed by atoms with Crippen LogP contribution >= 0.6 is 0 Å². The quantitative estimate of drug-likeness (QED) is 0.620. The van der Waals surface area contributed by atoms with Crippen molar-refractivity contribution in [3.63, 3.8) is 0 Å². The van der Waals surface area contributed by atoms with E-state index in [-0.39, 0.29) is 18.4 Å². The molecule has 2 aromatic rings. The Balaban J connectivity index is 2.00. The van der Waals surface area contributed by atoms with Gasteiger partial charge in [-0.1, -0.05) is 13.0 Å². The second-order valence-electron chi connectivity index (χ2n) is 8.59. The molecule has 1 fully saturated rings. The molecule has 1 saturated heterocycles. The number of hydrogen-bond donors (Lipinski definition) is 3. The van der Waals surface area contributed by atoms with E-state index in [0.29, 0.717) is 5.56 Å². The zero-order chi connectivity index (χ0) is 21.9. The third kappa shape index (κ3) is 4.92. The van der Waals surface area contributed by atoms with Crippen LogP contribution in [0.15, 0.2) is 42.5 Å². The molecule has 6 heteroatoms. The lowest BCUT2D eigenvalue weighted by Gasteiger charge is -2.36. The number of aliphatic hydroxyl groups is 1. The first-order valence-corrected chi connectivity index (χ1v) is 10.3. The Morgan fingerprint density at radius 1 is 1.30 bits per heavy atom. The van der Waals surface area contributed by atoms with Crippen molar-refractivity contribution >= 4 is 23.0 Å². The number of anilines is 3. The van der Waals surface area contributed by atoms with E-state index in [0.717, 1.165) is 42.0 Å². The largest absolute Gasteiger partial charge is 0.481 e. The molecular formula is C24H29N3O3. The van der Waals surface area contributed by atoms with Gasteiger partial charge in [0, 0.05) is 12.2 Å². The van der Waals surface area contributed by atoms with Crippen molar-refractivity contribution in [3.8, 4) is 6.07 Å². The number of nitriles is 1. The molecule has 0 radical (unpaired) electrons. The van der Waals surface area contributed by atoms with E-state index in [9.17, 15) is 15.0 Å². The van der Waals surface area contributed by atoms with Gasteiger partial charge in [-0.25, -0.2) is 0 Å². The van der Waals surface area contributed by atoms with Crippen LogP contribution in [-0.4, -0.2) is 34.4 Å². The molecule has 2 aromatic carbocycles. The molecule has 30 heavy (non-hydrogen) atoms. The molecule has 0 aromatic heterocycles. The number of nitrogens with zero attached hydrogens (tertiary/aromatic N) is 2. The van der Waals surface area contributed by atoms with Gasteiger partial charge < -0.3 is 20.4 Å². The fourth-order valence-corrected chi connectivity index (χ4v) is 4.16. The number of hydrogen-bond acceptors (Lipinski definition) is 5. The van der Waals surface area contributed by atoms with Gasteiger partial charge in [0.1, 0.15) is 0 Å². The van der Waals surface area contributed by atoms with Crippen molar-refractivity contribution in [1.82, 2.24) is 0 Å². The van der Waals surface area contributed by atoms with Crippen LogP contribution in [0.1, 0.15) is 57.1 Å². The van der Waals surface area contributed by atoms with E-state index >= 15 is 0 Å². The molecule has 1 unspecified atom stereocenters. The average Bonchev–Trinajstić information content (AvgIpc) is 3.18. The molecule has 0 saturated carbocycles. The first-order valence-electron chi connectivity index (χ1n) is 10.3. The maximum Gasteiger partial charge on any atom is 0.303 e. The highest BCUT2D eigenvalue weighted by molar-refractivity contribution is 5.77. The Labute approximate surface area is 177 Å². The number of carboxylic acid groups (broad SMARTS) is 1. The molecule has 2 atom stereocenters. The number of carboxylic acids is 1. The molecule has 3 rings (SSSR count). The van der Waals surface area contributed by atoms with E-state index in [1.165, 1.54) is 0 Å². The van der Waals surface area contributed by atoms with Crippen molar-refractivity contribution < 1.29 is 15.0 Å². The normalized spacial score (nSPS) is 17.4. The highest BCUT2D eigenvalue weighted by atomic mass is 16.4. The fraction of sp³-hybridized carbons (Fsp3) is 0.417. The van der Waals surface area contributed by atoms with Crippen molar-refractivity contribution in [2.45, 2.75) is 57.6 Å². The molecule has 6 nitrogen and oxygen atoms in total. The second kappa shape index (κ2) is 8.76. The highest BCUT2D eigenvalue weighted by Gasteiger charge is 2.37. The zero-order valence-corrected chi connectivity index (χ0v) is 17.7. The molecule has 0 bridgehead atoms. The van der Waals surface area contributed by atoms with E-state index in [4.69, 9.17) is 5.26 Å². The molecule has 1 aliphatic heterocycles. The van der Waals surface area contributed by atoms with Crippen LogP contribution in [0.3, 0.4) is 0 Å². The van der Waals surface area contributed by atoms with Crippen molar-refractivity contribution in [3.05, 3.63) is 53.6 Å². The SMILES string of the molecule is CC(CC(=O)O)c1ccc(N2CCC[C@H]2C(C)(C)O)c(Nc2ccc(C#N)cc2)c1. The van der Waals surface area contributed by atoms with Crippen LogP contribution in [0.2, 0.25) is 0 Å². The predicted molar refractivity (Wildman–Crippen MR) is 118 cm³/mol. The standard InChI is InChI=1S/C24H29N3O3/c1-16(13-23(28)29)18-8-11-21(27-12-4-5-22(27)24(2,3)30)20(14-18)26-19-9-6-17(15-25)7-10-19/h6-11,14,16,22,26,30H,4-5,12-13H2,1-3H3,(H,28,29)/t16?,22-/m0/s1. The lowest BCUT2D eigenvalue weighted by atomic mass is 9.94. The van der Waals surface area contributed by atoms with Gasteiger partial charge in [-0.15, -0.1) is 0 Å². The van der Waals surface area contributed by atoms with E-state index in [2.05, 4.69) is 16.3 Å². The summed E-state index contributed by atoms with van der Waals surface area (Å²) in [5.74, 6) is -0.948. The van der Waals surface area contributed by atoms with Gasteiger partial charge in [-0.2, -0.15) is 5.26 Å². The summed E-state index contributed by atoms with van der Waals surface area (Å²) in [7, 11) is 0. The molecule has 0 aliphatic carbocycles. The Bertz CT molecular complexity index is 942. The van der Waals surface area contributed by atoms with Crippen LogP contribution < -0.4 is 10.2 Å². The average molecular weight is 408 g/mol. The van der Waals surface area contributed by atoms with Gasteiger partial charge in [0.15, 0.2) is 0 Å². The number of nitrogens with one attached hydrogen (secondary N) is 1. The van der Waals surface area contributed by atoms with Crippen LogP contribution in [0.5, 0.6) is 0 Å². The molecule has 0 amide bonds. The van der Waals surface area contributed by atoms with Crippen LogP contribution in [0.25, 0.3) is 0 Å². The Morgan fingerprint density at radius 3 is 2.60 bits per heavy atom. The summed E-state index contributed by atoms with van der Waals surface area (Å²) >= 11 is 0. The second-order valence-corrected chi connectivity index (χ2v) is 8.59. The van der Waals surface area contributed by atoms with Crippen LogP contribution in [-0.2, 0) is 4.79 Å².